The zero-order chi connectivity index (χ0) is 13.2. The Morgan fingerprint density at radius 3 is 2.79 bits per heavy atom. The summed E-state index contributed by atoms with van der Waals surface area (Å²) in [5.74, 6) is 0. The predicted molar refractivity (Wildman–Crippen MR) is 81.8 cm³/mol. The Morgan fingerprint density at radius 1 is 1.11 bits per heavy atom. The van der Waals surface area contributed by atoms with Gasteiger partial charge in [0.15, 0.2) is 0 Å². The number of para-hydroxylation sites is 1. The fraction of sp³-hybridized carbons (Fsp3) is 0.333. The quantitative estimate of drug-likeness (QED) is 0.840. The highest BCUT2D eigenvalue weighted by Gasteiger charge is 2.17. The lowest BCUT2D eigenvalue weighted by Gasteiger charge is -2.27. The van der Waals surface area contributed by atoms with Crippen molar-refractivity contribution >= 4 is 5.69 Å². The van der Waals surface area contributed by atoms with Crippen LogP contribution in [0.2, 0.25) is 0 Å². The summed E-state index contributed by atoms with van der Waals surface area (Å²) in [5, 5.41) is 3.69. The highest BCUT2D eigenvalue weighted by molar-refractivity contribution is 5.54. The second-order valence-corrected chi connectivity index (χ2v) is 5.67. The van der Waals surface area contributed by atoms with Crippen LogP contribution in [0, 0.1) is 13.8 Å². The molecule has 19 heavy (non-hydrogen) atoms. The van der Waals surface area contributed by atoms with E-state index in [9.17, 15) is 0 Å². The maximum Gasteiger partial charge on any atom is 0.0374 e. The molecule has 1 heteroatoms. The normalized spacial score (nSPS) is 17.7. The van der Waals surface area contributed by atoms with Gasteiger partial charge in [-0.25, -0.2) is 0 Å². The van der Waals surface area contributed by atoms with E-state index in [0.29, 0.717) is 6.04 Å². The molecule has 1 heterocycles. The molecule has 1 nitrogen and oxygen atoms in total. The third-order valence-electron chi connectivity index (χ3n) is 4.10. The van der Waals surface area contributed by atoms with Crippen molar-refractivity contribution in [2.75, 3.05) is 5.32 Å². The molecule has 0 saturated carbocycles. The summed E-state index contributed by atoms with van der Waals surface area (Å²) < 4.78 is 0. The minimum atomic E-state index is 0.566. The van der Waals surface area contributed by atoms with Crippen molar-refractivity contribution in [3.63, 3.8) is 0 Å². The number of benzene rings is 2. The Balaban J connectivity index is 1.75. The summed E-state index contributed by atoms with van der Waals surface area (Å²) >= 11 is 0. The van der Waals surface area contributed by atoms with Gasteiger partial charge in [-0.05, 0) is 55.9 Å². The van der Waals surface area contributed by atoms with Gasteiger partial charge < -0.3 is 5.32 Å². The maximum absolute atomic E-state index is 3.69. The number of hydrogen-bond acceptors (Lipinski definition) is 1. The molecule has 0 radical (unpaired) electrons. The van der Waals surface area contributed by atoms with Crippen LogP contribution >= 0.6 is 0 Å². The lowest BCUT2D eigenvalue weighted by Crippen LogP contribution is -2.27. The highest BCUT2D eigenvalue weighted by atomic mass is 14.9. The zero-order valence-corrected chi connectivity index (χ0v) is 11.7. The highest BCUT2D eigenvalue weighted by Crippen LogP contribution is 2.26. The van der Waals surface area contributed by atoms with Gasteiger partial charge in [-0.3, -0.25) is 0 Å². The second-order valence-electron chi connectivity index (χ2n) is 5.67. The molecular weight excluding hydrogens is 230 g/mol. The molecule has 1 N–H and O–H groups in total. The van der Waals surface area contributed by atoms with Gasteiger partial charge in [0.1, 0.15) is 0 Å². The smallest absolute Gasteiger partial charge is 0.0374 e. The van der Waals surface area contributed by atoms with Crippen molar-refractivity contribution in [2.24, 2.45) is 0 Å². The van der Waals surface area contributed by atoms with Crippen LogP contribution in [0.4, 0.5) is 5.69 Å². The van der Waals surface area contributed by atoms with E-state index in [1.54, 1.807) is 0 Å². The van der Waals surface area contributed by atoms with Gasteiger partial charge in [0, 0.05) is 11.7 Å². The largest absolute Gasteiger partial charge is 0.382 e. The molecule has 1 aliphatic heterocycles. The van der Waals surface area contributed by atoms with E-state index in [4.69, 9.17) is 0 Å². The molecule has 0 aliphatic carbocycles. The number of anilines is 1. The van der Waals surface area contributed by atoms with Crippen LogP contribution in [-0.2, 0) is 12.8 Å². The first-order valence-corrected chi connectivity index (χ1v) is 7.13. The minimum Gasteiger partial charge on any atom is -0.382 e. The second kappa shape index (κ2) is 5.08. The summed E-state index contributed by atoms with van der Waals surface area (Å²) in [7, 11) is 0. The summed E-state index contributed by atoms with van der Waals surface area (Å²) in [6, 6.07) is 16.0. The monoisotopic (exact) mass is 251 g/mol. The van der Waals surface area contributed by atoms with Crippen LogP contribution in [0.15, 0.2) is 42.5 Å². The first-order valence-electron chi connectivity index (χ1n) is 7.13. The SMILES string of the molecule is Cc1ccc(CC2CCc3ccccc3N2)c(C)c1. The third kappa shape index (κ3) is 2.65. The number of nitrogens with one attached hydrogen (secondary N) is 1. The minimum absolute atomic E-state index is 0.566. The number of rotatable bonds is 2. The van der Waals surface area contributed by atoms with Crippen LogP contribution in [0.1, 0.15) is 28.7 Å². The van der Waals surface area contributed by atoms with E-state index in [0.717, 1.165) is 6.42 Å². The van der Waals surface area contributed by atoms with Gasteiger partial charge in [-0.1, -0.05) is 42.0 Å². The fourth-order valence-corrected chi connectivity index (χ4v) is 2.99. The van der Waals surface area contributed by atoms with E-state index in [1.807, 2.05) is 0 Å². The molecular formula is C18H21N. The molecule has 0 fully saturated rings. The maximum atomic E-state index is 3.69. The van der Waals surface area contributed by atoms with E-state index in [1.165, 1.54) is 40.8 Å². The van der Waals surface area contributed by atoms with Crippen molar-refractivity contribution in [3.8, 4) is 0 Å². The van der Waals surface area contributed by atoms with Crippen molar-refractivity contribution in [3.05, 3.63) is 64.7 Å². The van der Waals surface area contributed by atoms with Crippen molar-refractivity contribution in [1.29, 1.82) is 0 Å². The molecule has 0 spiro atoms. The lowest BCUT2D eigenvalue weighted by atomic mass is 9.92. The average molecular weight is 251 g/mol. The Hall–Kier alpha value is -1.76. The predicted octanol–water partition coefficient (Wildman–Crippen LogP) is 4.27. The number of fused-ring (bicyclic) bond motifs is 1. The summed E-state index contributed by atoms with van der Waals surface area (Å²) in [6.45, 7) is 4.38. The molecule has 0 saturated heterocycles. The van der Waals surface area contributed by atoms with Gasteiger partial charge >= 0.3 is 0 Å². The van der Waals surface area contributed by atoms with E-state index >= 15 is 0 Å². The lowest BCUT2D eigenvalue weighted by molar-refractivity contribution is 0.626. The molecule has 98 valence electrons. The van der Waals surface area contributed by atoms with Crippen LogP contribution in [0.5, 0.6) is 0 Å². The van der Waals surface area contributed by atoms with Crippen LogP contribution in [-0.4, -0.2) is 6.04 Å². The number of aryl methyl sites for hydroxylation is 3. The van der Waals surface area contributed by atoms with E-state index in [-0.39, 0.29) is 0 Å². The molecule has 1 atom stereocenters. The van der Waals surface area contributed by atoms with Gasteiger partial charge in [-0.15, -0.1) is 0 Å². The number of hydrogen-bond donors (Lipinski definition) is 1. The van der Waals surface area contributed by atoms with Gasteiger partial charge in [-0.2, -0.15) is 0 Å². The molecule has 2 aromatic carbocycles. The van der Waals surface area contributed by atoms with E-state index < -0.39 is 0 Å². The Kier molecular flexibility index (Phi) is 3.29. The average Bonchev–Trinajstić information content (AvgIpc) is 2.42. The van der Waals surface area contributed by atoms with Crippen molar-refractivity contribution in [1.82, 2.24) is 0 Å². The molecule has 1 unspecified atom stereocenters. The van der Waals surface area contributed by atoms with Crippen LogP contribution in [0.25, 0.3) is 0 Å². The summed E-state index contributed by atoms with van der Waals surface area (Å²) in [5.41, 5.74) is 7.02. The molecule has 0 amide bonds. The Morgan fingerprint density at radius 2 is 1.95 bits per heavy atom. The molecule has 2 aromatic rings. The first-order chi connectivity index (χ1) is 9.22. The molecule has 3 rings (SSSR count). The fourth-order valence-electron chi connectivity index (χ4n) is 2.99. The van der Waals surface area contributed by atoms with Gasteiger partial charge in [0.05, 0.1) is 0 Å². The van der Waals surface area contributed by atoms with Gasteiger partial charge in [0.2, 0.25) is 0 Å². The standard InChI is InChI=1S/C18H21N/c1-13-7-8-16(14(2)11-13)12-17-10-9-15-5-3-4-6-18(15)19-17/h3-8,11,17,19H,9-10,12H2,1-2H3. The van der Waals surface area contributed by atoms with Crippen molar-refractivity contribution in [2.45, 2.75) is 39.2 Å². The van der Waals surface area contributed by atoms with Crippen molar-refractivity contribution < 1.29 is 0 Å². The third-order valence-corrected chi connectivity index (χ3v) is 4.10. The Labute approximate surface area is 115 Å². The molecule has 1 aliphatic rings. The van der Waals surface area contributed by atoms with Gasteiger partial charge in [0.25, 0.3) is 0 Å². The first kappa shape index (κ1) is 12.3. The zero-order valence-electron chi connectivity index (χ0n) is 11.7. The molecule has 0 aromatic heterocycles. The summed E-state index contributed by atoms with van der Waals surface area (Å²) in [4.78, 5) is 0. The van der Waals surface area contributed by atoms with E-state index in [2.05, 4.69) is 61.6 Å². The topological polar surface area (TPSA) is 12.0 Å². The van der Waals surface area contributed by atoms with Crippen LogP contribution < -0.4 is 5.32 Å². The molecule has 0 bridgehead atoms. The summed E-state index contributed by atoms with van der Waals surface area (Å²) in [6.07, 6.45) is 3.55. The Bertz CT molecular complexity index is 586. The van der Waals surface area contributed by atoms with Crippen LogP contribution in [0.3, 0.4) is 0 Å².